The zero-order valence-electron chi connectivity index (χ0n) is 16.0. The van der Waals surface area contributed by atoms with Crippen molar-refractivity contribution >= 4 is 11.8 Å². The number of methoxy groups -OCH3 is 1. The summed E-state index contributed by atoms with van der Waals surface area (Å²) in [5, 5.41) is 4.07. The van der Waals surface area contributed by atoms with E-state index >= 15 is 0 Å². The van der Waals surface area contributed by atoms with Gasteiger partial charge in [0.15, 0.2) is 0 Å². The van der Waals surface area contributed by atoms with Crippen molar-refractivity contribution in [3.63, 3.8) is 0 Å². The first-order valence-corrected chi connectivity index (χ1v) is 9.77. The first kappa shape index (κ1) is 18.7. The number of carbonyl (C=O) groups excluding carboxylic acids is 2. The van der Waals surface area contributed by atoms with Crippen LogP contribution in [0.5, 0.6) is 0 Å². The van der Waals surface area contributed by atoms with Gasteiger partial charge in [-0.2, -0.15) is 0 Å². The van der Waals surface area contributed by atoms with E-state index in [4.69, 9.17) is 9.26 Å². The van der Waals surface area contributed by atoms with Crippen molar-refractivity contribution in [1.82, 2.24) is 15.0 Å². The Morgan fingerprint density at radius 3 is 2.82 bits per heavy atom. The number of nitrogens with zero attached hydrogens (tertiary/aromatic N) is 3. The molecule has 2 fully saturated rings. The Bertz CT molecular complexity index is 835. The molecule has 0 bridgehead atoms. The summed E-state index contributed by atoms with van der Waals surface area (Å²) < 4.78 is 10.4. The van der Waals surface area contributed by atoms with Crippen LogP contribution in [0.15, 0.2) is 40.9 Å². The monoisotopic (exact) mass is 383 g/mol. The highest BCUT2D eigenvalue weighted by molar-refractivity contribution is 5.92. The van der Waals surface area contributed by atoms with E-state index in [1.807, 2.05) is 40.1 Å². The lowest BCUT2D eigenvalue weighted by molar-refractivity contribution is -0.138. The van der Waals surface area contributed by atoms with E-state index in [1.54, 1.807) is 6.07 Å². The minimum Gasteiger partial charge on any atom is -0.375 e. The van der Waals surface area contributed by atoms with Crippen LogP contribution < -0.4 is 0 Å². The number of aromatic nitrogens is 1. The second-order valence-electron chi connectivity index (χ2n) is 7.47. The third-order valence-corrected chi connectivity index (χ3v) is 5.74. The molecule has 4 rings (SSSR count). The van der Waals surface area contributed by atoms with E-state index in [0.29, 0.717) is 31.2 Å². The smallest absolute Gasteiger partial charge is 0.292 e. The quantitative estimate of drug-likeness (QED) is 0.811. The van der Waals surface area contributed by atoms with Gasteiger partial charge in [0.1, 0.15) is 12.3 Å². The highest BCUT2D eigenvalue weighted by Gasteiger charge is 2.40. The molecule has 2 atom stereocenters. The molecule has 2 aliphatic rings. The van der Waals surface area contributed by atoms with Gasteiger partial charge in [0, 0.05) is 44.4 Å². The Labute approximate surface area is 164 Å². The highest BCUT2D eigenvalue weighted by atomic mass is 16.5. The maximum absolute atomic E-state index is 13.1. The van der Waals surface area contributed by atoms with E-state index in [2.05, 4.69) is 5.16 Å². The lowest BCUT2D eigenvalue weighted by Crippen LogP contribution is -2.57. The van der Waals surface area contributed by atoms with Crippen molar-refractivity contribution < 1.29 is 18.8 Å². The predicted octanol–water partition coefficient (Wildman–Crippen LogP) is 2.44. The molecule has 148 valence electrons. The second-order valence-corrected chi connectivity index (χ2v) is 7.47. The van der Waals surface area contributed by atoms with Crippen molar-refractivity contribution in [3.8, 4) is 11.3 Å². The van der Waals surface area contributed by atoms with Crippen LogP contribution in [0.4, 0.5) is 0 Å². The van der Waals surface area contributed by atoms with Crippen LogP contribution in [0.2, 0.25) is 0 Å². The van der Waals surface area contributed by atoms with Gasteiger partial charge in [-0.25, -0.2) is 0 Å². The average molecular weight is 383 g/mol. The van der Waals surface area contributed by atoms with Crippen LogP contribution in [0, 0.1) is 5.92 Å². The molecule has 0 saturated carbocycles. The van der Waals surface area contributed by atoms with E-state index in [1.165, 1.54) is 7.11 Å². The van der Waals surface area contributed by atoms with Crippen molar-refractivity contribution in [2.24, 2.45) is 5.92 Å². The molecular formula is C21H25N3O4. The fraction of sp³-hybridized carbons (Fsp3) is 0.476. The molecule has 0 N–H and O–H groups in total. The van der Waals surface area contributed by atoms with Gasteiger partial charge < -0.3 is 19.1 Å². The summed E-state index contributed by atoms with van der Waals surface area (Å²) in [6, 6.07) is 11.5. The van der Waals surface area contributed by atoms with Gasteiger partial charge in [-0.05, 0) is 25.2 Å². The fourth-order valence-electron chi connectivity index (χ4n) is 4.36. The Morgan fingerprint density at radius 1 is 1.21 bits per heavy atom. The molecule has 2 aliphatic heterocycles. The molecular weight excluding hydrogens is 358 g/mol. The molecule has 0 radical (unpaired) electrons. The minimum atomic E-state index is -0.110. The third-order valence-electron chi connectivity index (χ3n) is 5.74. The summed E-state index contributed by atoms with van der Waals surface area (Å²) in [6.45, 7) is 2.16. The van der Waals surface area contributed by atoms with Crippen molar-refractivity contribution in [2.75, 3.05) is 33.4 Å². The number of ether oxygens (including phenoxy) is 1. The SMILES string of the molecule is COCC(=O)N1CC[C@H]2[C@H](CCCN2C(=O)c2cc(-c3ccccc3)no2)C1. The normalized spacial score (nSPS) is 22.0. The van der Waals surface area contributed by atoms with Gasteiger partial charge in [0.05, 0.1) is 0 Å². The van der Waals surface area contributed by atoms with Crippen LogP contribution in [-0.2, 0) is 9.53 Å². The first-order valence-electron chi connectivity index (χ1n) is 9.77. The van der Waals surface area contributed by atoms with Gasteiger partial charge in [0.2, 0.25) is 11.7 Å². The molecule has 1 aromatic carbocycles. The standard InChI is InChI=1S/C21H25N3O4/c1-27-14-20(25)23-11-9-18-16(13-23)8-5-10-24(18)21(26)19-12-17(22-28-19)15-6-3-2-4-7-15/h2-4,6-7,12,16,18H,5,8-11,13-14H2,1H3/t16-,18+/m1/s1. The third kappa shape index (κ3) is 3.67. The van der Waals surface area contributed by atoms with Crippen LogP contribution in [-0.4, -0.2) is 66.2 Å². The Morgan fingerprint density at radius 2 is 2.04 bits per heavy atom. The van der Waals surface area contributed by atoms with Crippen molar-refractivity contribution in [1.29, 1.82) is 0 Å². The lowest BCUT2D eigenvalue weighted by atomic mass is 9.83. The summed E-state index contributed by atoms with van der Waals surface area (Å²) in [5.74, 6) is 0.481. The summed E-state index contributed by atoms with van der Waals surface area (Å²) in [7, 11) is 1.53. The topological polar surface area (TPSA) is 75.9 Å². The molecule has 2 amide bonds. The largest absolute Gasteiger partial charge is 0.375 e. The molecule has 7 nitrogen and oxygen atoms in total. The molecule has 7 heteroatoms. The predicted molar refractivity (Wildman–Crippen MR) is 103 cm³/mol. The highest BCUT2D eigenvalue weighted by Crippen LogP contribution is 2.32. The number of piperidine rings is 2. The van der Waals surface area contributed by atoms with E-state index in [9.17, 15) is 9.59 Å². The zero-order valence-corrected chi connectivity index (χ0v) is 16.0. The summed E-state index contributed by atoms with van der Waals surface area (Å²) in [5.41, 5.74) is 1.59. The Hall–Kier alpha value is -2.67. The van der Waals surface area contributed by atoms with Crippen LogP contribution >= 0.6 is 0 Å². The van der Waals surface area contributed by atoms with Crippen molar-refractivity contribution in [3.05, 3.63) is 42.2 Å². The number of fused-ring (bicyclic) bond motifs is 1. The van der Waals surface area contributed by atoms with Crippen LogP contribution in [0.1, 0.15) is 29.8 Å². The van der Waals surface area contributed by atoms with Gasteiger partial charge in [-0.15, -0.1) is 0 Å². The molecule has 3 heterocycles. The molecule has 28 heavy (non-hydrogen) atoms. The molecule has 0 spiro atoms. The molecule has 1 aromatic heterocycles. The fourth-order valence-corrected chi connectivity index (χ4v) is 4.36. The number of hydrogen-bond donors (Lipinski definition) is 0. The van der Waals surface area contributed by atoms with Crippen LogP contribution in [0.3, 0.4) is 0 Å². The second kappa shape index (κ2) is 8.14. The molecule has 2 aromatic rings. The zero-order chi connectivity index (χ0) is 19.5. The van der Waals surface area contributed by atoms with Gasteiger partial charge in [-0.1, -0.05) is 35.5 Å². The molecule has 2 saturated heterocycles. The summed E-state index contributed by atoms with van der Waals surface area (Å²) >= 11 is 0. The summed E-state index contributed by atoms with van der Waals surface area (Å²) in [4.78, 5) is 29.0. The number of amides is 2. The van der Waals surface area contributed by atoms with E-state index < -0.39 is 0 Å². The molecule has 0 aliphatic carbocycles. The van der Waals surface area contributed by atoms with Gasteiger partial charge in [-0.3, -0.25) is 9.59 Å². The van der Waals surface area contributed by atoms with E-state index in [-0.39, 0.29) is 30.2 Å². The number of likely N-dealkylation sites (tertiary alicyclic amines) is 2. The van der Waals surface area contributed by atoms with E-state index in [0.717, 1.165) is 24.8 Å². The number of benzene rings is 1. The molecule has 0 unspecified atom stereocenters. The Kier molecular flexibility index (Phi) is 5.43. The van der Waals surface area contributed by atoms with Crippen LogP contribution in [0.25, 0.3) is 11.3 Å². The minimum absolute atomic E-state index is 0.0205. The summed E-state index contributed by atoms with van der Waals surface area (Å²) in [6.07, 6.45) is 2.74. The van der Waals surface area contributed by atoms with Gasteiger partial charge >= 0.3 is 0 Å². The number of rotatable bonds is 4. The van der Waals surface area contributed by atoms with Gasteiger partial charge in [0.25, 0.3) is 5.91 Å². The maximum Gasteiger partial charge on any atom is 0.292 e. The Balaban J connectivity index is 1.47. The van der Waals surface area contributed by atoms with Crippen molar-refractivity contribution in [2.45, 2.75) is 25.3 Å². The number of carbonyl (C=O) groups is 2. The number of hydrogen-bond acceptors (Lipinski definition) is 5. The average Bonchev–Trinajstić information content (AvgIpc) is 3.23. The first-order chi connectivity index (χ1) is 13.7. The lowest BCUT2D eigenvalue weighted by Gasteiger charge is -2.46. The maximum atomic E-state index is 13.1.